The van der Waals surface area contributed by atoms with Crippen LogP contribution in [0.1, 0.15) is 25.7 Å². The molecule has 2 N–H and O–H groups in total. The molecule has 2 amide bonds. The van der Waals surface area contributed by atoms with E-state index in [9.17, 15) is 14.4 Å². The molecule has 2 aliphatic rings. The highest BCUT2D eigenvalue weighted by Crippen LogP contribution is 2.17. The van der Waals surface area contributed by atoms with Gasteiger partial charge in [-0.2, -0.15) is 0 Å². The Bertz CT molecular complexity index is 488. The summed E-state index contributed by atoms with van der Waals surface area (Å²) in [6.45, 7) is 0.838. The van der Waals surface area contributed by atoms with E-state index in [1.807, 2.05) is 12.2 Å². The van der Waals surface area contributed by atoms with Crippen molar-refractivity contribution in [3.05, 3.63) is 23.8 Å². The lowest BCUT2D eigenvalue weighted by Crippen LogP contribution is -2.45. The van der Waals surface area contributed by atoms with Crippen molar-refractivity contribution in [1.82, 2.24) is 10.2 Å². The van der Waals surface area contributed by atoms with Gasteiger partial charge in [0.25, 0.3) is 5.91 Å². The molecule has 0 spiro atoms. The number of nitrogens with one attached hydrogen (secondary N) is 1. The first-order valence-electron chi connectivity index (χ1n) is 7.23. The largest absolute Gasteiger partial charge is 0.481 e. The molecule has 6 nitrogen and oxygen atoms in total. The minimum atomic E-state index is -0.800. The maximum atomic E-state index is 12.0. The van der Waals surface area contributed by atoms with Gasteiger partial charge in [0, 0.05) is 18.7 Å². The van der Waals surface area contributed by atoms with E-state index in [0.717, 1.165) is 12.8 Å². The fourth-order valence-corrected chi connectivity index (χ4v) is 2.53. The molecule has 2 rings (SSSR count). The summed E-state index contributed by atoms with van der Waals surface area (Å²) in [5.41, 5.74) is 0.596. The summed E-state index contributed by atoms with van der Waals surface area (Å²) in [6.07, 6.45) is 8.29. The van der Waals surface area contributed by atoms with Crippen molar-refractivity contribution >= 4 is 17.8 Å². The number of carbonyl (C=O) groups excluding carboxylic acids is 2. The van der Waals surface area contributed by atoms with E-state index in [2.05, 4.69) is 5.32 Å². The molecule has 1 aliphatic heterocycles. The second kappa shape index (κ2) is 7.06. The Hall–Kier alpha value is -2.11. The molecule has 0 unspecified atom stereocenters. The summed E-state index contributed by atoms with van der Waals surface area (Å²) < 4.78 is 0. The first kappa shape index (κ1) is 15.3. The molecule has 21 heavy (non-hydrogen) atoms. The van der Waals surface area contributed by atoms with Gasteiger partial charge in [-0.25, -0.2) is 0 Å². The standard InChI is InChI=1S/C15H20N2O4/c18-13(17-8-6-12(7-9-17)15(20)21)10-16-14(19)11-4-2-1-3-5-11/h2,4-5,12H,1,3,6-10H2,(H,16,19)(H,20,21). The van der Waals surface area contributed by atoms with Crippen molar-refractivity contribution in [3.63, 3.8) is 0 Å². The molecule has 0 atom stereocenters. The Balaban J connectivity index is 1.75. The zero-order valence-electron chi connectivity index (χ0n) is 11.9. The van der Waals surface area contributed by atoms with Crippen LogP contribution in [-0.4, -0.2) is 47.4 Å². The van der Waals surface area contributed by atoms with Crippen molar-refractivity contribution in [2.24, 2.45) is 5.92 Å². The number of hydrogen-bond donors (Lipinski definition) is 2. The van der Waals surface area contributed by atoms with E-state index >= 15 is 0 Å². The number of amides is 2. The van der Waals surface area contributed by atoms with E-state index in [0.29, 0.717) is 31.5 Å². The smallest absolute Gasteiger partial charge is 0.306 e. The van der Waals surface area contributed by atoms with Crippen LogP contribution in [0.25, 0.3) is 0 Å². The maximum absolute atomic E-state index is 12.0. The zero-order valence-corrected chi connectivity index (χ0v) is 11.9. The van der Waals surface area contributed by atoms with Crippen LogP contribution < -0.4 is 5.32 Å². The van der Waals surface area contributed by atoms with Crippen LogP contribution in [-0.2, 0) is 14.4 Å². The number of hydrogen-bond acceptors (Lipinski definition) is 3. The minimum absolute atomic E-state index is 0.0399. The summed E-state index contributed by atoms with van der Waals surface area (Å²) in [5, 5.41) is 11.5. The lowest BCUT2D eigenvalue weighted by atomic mass is 9.97. The number of carbonyl (C=O) groups is 3. The van der Waals surface area contributed by atoms with Crippen molar-refractivity contribution in [1.29, 1.82) is 0 Å². The summed E-state index contributed by atoms with van der Waals surface area (Å²) >= 11 is 0. The normalized spacial score (nSPS) is 19.0. The van der Waals surface area contributed by atoms with Gasteiger partial charge in [-0.1, -0.05) is 18.2 Å². The number of allylic oxidation sites excluding steroid dienone is 2. The van der Waals surface area contributed by atoms with Gasteiger partial charge in [-0.15, -0.1) is 0 Å². The predicted molar refractivity (Wildman–Crippen MR) is 76.4 cm³/mol. The lowest BCUT2D eigenvalue weighted by molar-refractivity contribution is -0.145. The number of carboxylic acid groups (broad SMARTS) is 1. The van der Waals surface area contributed by atoms with Gasteiger partial charge >= 0.3 is 5.97 Å². The van der Waals surface area contributed by atoms with Gasteiger partial charge in [0.05, 0.1) is 12.5 Å². The highest BCUT2D eigenvalue weighted by molar-refractivity contribution is 5.98. The van der Waals surface area contributed by atoms with E-state index in [-0.39, 0.29) is 24.3 Å². The highest BCUT2D eigenvalue weighted by atomic mass is 16.4. The third kappa shape index (κ3) is 4.18. The molecular formula is C15H20N2O4. The van der Waals surface area contributed by atoms with E-state index in [4.69, 9.17) is 5.11 Å². The number of carboxylic acids is 1. The van der Waals surface area contributed by atoms with E-state index in [1.54, 1.807) is 11.0 Å². The summed E-state index contributed by atoms with van der Waals surface area (Å²) in [5.74, 6) is -1.56. The van der Waals surface area contributed by atoms with Crippen LogP contribution in [0.3, 0.4) is 0 Å². The Kier molecular flexibility index (Phi) is 5.14. The number of rotatable bonds is 4. The second-order valence-electron chi connectivity index (χ2n) is 5.32. The summed E-state index contributed by atoms with van der Waals surface area (Å²) in [7, 11) is 0. The monoisotopic (exact) mass is 292 g/mol. The zero-order chi connectivity index (χ0) is 15.2. The molecular weight excluding hydrogens is 272 g/mol. The number of likely N-dealkylation sites (tertiary alicyclic amines) is 1. The molecule has 0 aromatic carbocycles. The quantitative estimate of drug-likeness (QED) is 0.798. The van der Waals surface area contributed by atoms with Crippen molar-refractivity contribution in [3.8, 4) is 0 Å². The number of nitrogens with zero attached hydrogens (tertiary/aromatic N) is 1. The van der Waals surface area contributed by atoms with Gasteiger partial charge in [0.15, 0.2) is 0 Å². The maximum Gasteiger partial charge on any atom is 0.306 e. The van der Waals surface area contributed by atoms with Crippen molar-refractivity contribution < 1.29 is 19.5 Å². The van der Waals surface area contributed by atoms with Crippen LogP contribution >= 0.6 is 0 Å². The molecule has 1 aliphatic carbocycles. The molecule has 0 radical (unpaired) electrons. The van der Waals surface area contributed by atoms with Gasteiger partial charge in [0.2, 0.25) is 5.91 Å². The van der Waals surface area contributed by atoms with Gasteiger partial charge in [-0.05, 0) is 25.7 Å². The Morgan fingerprint density at radius 3 is 2.52 bits per heavy atom. The number of aliphatic carboxylic acids is 1. The molecule has 6 heteroatoms. The lowest BCUT2D eigenvalue weighted by Gasteiger charge is -2.30. The van der Waals surface area contributed by atoms with E-state index < -0.39 is 5.97 Å². The Morgan fingerprint density at radius 1 is 1.24 bits per heavy atom. The Morgan fingerprint density at radius 2 is 1.95 bits per heavy atom. The first-order chi connectivity index (χ1) is 10.1. The summed E-state index contributed by atoms with van der Waals surface area (Å²) in [6, 6.07) is 0. The molecule has 0 saturated carbocycles. The van der Waals surface area contributed by atoms with E-state index in [1.165, 1.54) is 0 Å². The molecule has 0 aromatic rings. The first-order valence-corrected chi connectivity index (χ1v) is 7.23. The Labute approximate surface area is 123 Å². The average Bonchev–Trinajstić information content (AvgIpc) is 2.53. The van der Waals surface area contributed by atoms with Crippen LogP contribution in [0.15, 0.2) is 23.8 Å². The average molecular weight is 292 g/mol. The number of piperidine rings is 1. The molecule has 1 fully saturated rings. The van der Waals surface area contributed by atoms with Crippen molar-refractivity contribution in [2.75, 3.05) is 19.6 Å². The highest BCUT2D eigenvalue weighted by Gasteiger charge is 2.26. The molecule has 1 saturated heterocycles. The van der Waals surface area contributed by atoms with Crippen LogP contribution in [0, 0.1) is 5.92 Å². The molecule has 114 valence electrons. The van der Waals surface area contributed by atoms with Gasteiger partial charge < -0.3 is 15.3 Å². The minimum Gasteiger partial charge on any atom is -0.481 e. The molecule has 0 bridgehead atoms. The van der Waals surface area contributed by atoms with Crippen LogP contribution in [0.5, 0.6) is 0 Å². The van der Waals surface area contributed by atoms with Gasteiger partial charge in [-0.3, -0.25) is 14.4 Å². The van der Waals surface area contributed by atoms with Crippen molar-refractivity contribution in [2.45, 2.75) is 25.7 Å². The summed E-state index contributed by atoms with van der Waals surface area (Å²) in [4.78, 5) is 36.3. The fourth-order valence-electron chi connectivity index (χ4n) is 2.53. The van der Waals surface area contributed by atoms with Crippen LogP contribution in [0.4, 0.5) is 0 Å². The second-order valence-corrected chi connectivity index (χ2v) is 5.32. The SMILES string of the molecule is O=C(NCC(=O)N1CCC(C(=O)O)CC1)C1=CCCC=C1. The topological polar surface area (TPSA) is 86.7 Å². The van der Waals surface area contributed by atoms with Gasteiger partial charge in [0.1, 0.15) is 0 Å². The van der Waals surface area contributed by atoms with Crippen LogP contribution in [0.2, 0.25) is 0 Å². The fraction of sp³-hybridized carbons (Fsp3) is 0.533. The molecule has 0 aromatic heterocycles. The third-order valence-electron chi connectivity index (χ3n) is 3.85. The molecule has 1 heterocycles. The third-order valence-corrected chi connectivity index (χ3v) is 3.85. The predicted octanol–water partition coefficient (Wildman–Crippen LogP) is 0.702.